The van der Waals surface area contributed by atoms with Gasteiger partial charge in [0.25, 0.3) is 0 Å². The highest BCUT2D eigenvalue weighted by Gasteiger charge is 2.61. The van der Waals surface area contributed by atoms with Crippen molar-refractivity contribution in [1.29, 1.82) is 0 Å². The monoisotopic (exact) mass is 321 g/mol. The van der Waals surface area contributed by atoms with Crippen LogP contribution in [-0.2, 0) is 6.42 Å². The molecule has 0 unspecified atom stereocenters. The SMILES string of the molecule is CCc1c(F)cc2c(c1O)[C@@H](CC)C[C@](O)(C(F)(F)F)[C@H]2N. The van der Waals surface area contributed by atoms with E-state index in [1.54, 1.807) is 13.8 Å². The third-order valence-corrected chi connectivity index (χ3v) is 4.58. The largest absolute Gasteiger partial charge is 0.507 e. The number of halogens is 4. The molecule has 0 saturated carbocycles. The lowest BCUT2D eigenvalue weighted by Gasteiger charge is -2.44. The Bertz CT molecular complexity index is 588. The molecule has 0 amide bonds. The van der Waals surface area contributed by atoms with Crippen LogP contribution in [0, 0.1) is 5.82 Å². The Labute approximate surface area is 125 Å². The molecular formula is C15H19F4NO2. The summed E-state index contributed by atoms with van der Waals surface area (Å²) in [5, 5.41) is 20.3. The maximum atomic E-state index is 14.0. The second-order valence-corrected chi connectivity index (χ2v) is 5.75. The summed E-state index contributed by atoms with van der Waals surface area (Å²) in [5.74, 6) is -1.90. The second kappa shape index (κ2) is 5.38. The van der Waals surface area contributed by atoms with E-state index in [-0.39, 0.29) is 35.3 Å². The van der Waals surface area contributed by atoms with Crippen LogP contribution in [0.3, 0.4) is 0 Å². The van der Waals surface area contributed by atoms with E-state index in [1.807, 2.05) is 0 Å². The fourth-order valence-electron chi connectivity index (χ4n) is 3.24. The van der Waals surface area contributed by atoms with Gasteiger partial charge in [-0.2, -0.15) is 13.2 Å². The van der Waals surface area contributed by atoms with Crippen LogP contribution < -0.4 is 5.73 Å². The number of benzene rings is 1. The molecule has 0 aromatic heterocycles. The Morgan fingerprint density at radius 2 is 1.95 bits per heavy atom. The van der Waals surface area contributed by atoms with Gasteiger partial charge in [0, 0.05) is 11.1 Å². The van der Waals surface area contributed by atoms with Gasteiger partial charge in [0.05, 0.1) is 6.04 Å². The van der Waals surface area contributed by atoms with E-state index in [0.717, 1.165) is 6.07 Å². The zero-order valence-corrected chi connectivity index (χ0v) is 12.3. The predicted molar refractivity (Wildman–Crippen MR) is 73.0 cm³/mol. The van der Waals surface area contributed by atoms with Crippen LogP contribution >= 0.6 is 0 Å². The molecule has 22 heavy (non-hydrogen) atoms. The van der Waals surface area contributed by atoms with E-state index >= 15 is 0 Å². The number of alkyl halides is 3. The van der Waals surface area contributed by atoms with E-state index in [1.165, 1.54) is 0 Å². The standard InChI is InChI=1S/C15H19F4NO2/c1-3-7-6-14(22,15(17,18)19)13(20)9-5-10(16)8(4-2)12(21)11(7)9/h5,7,13,21-22H,3-4,6,20H2,1-2H3/t7-,13-,14+/m0/s1. The highest BCUT2D eigenvalue weighted by Crippen LogP contribution is 2.53. The molecule has 0 saturated heterocycles. The highest BCUT2D eigenvalue weighted by molar-refractivity contribution is 5.52. The zero-order valence-electron chi connectivity index (χ0n) is 12.3. The topological polar surface area (TPSA) is 66.5 Å². The van der Waals surface area contributed by atoms with Crippen LogP contribution in [0.15, 0.2) is 6.07 Å². The van der Waals surface area contributed by atoms with E-state index in [2.05, 4.69) is 0 Å². The number of aromatic hydroxyl groups is 1. The van der Waals surface area contributed by atoms with Gasteiger partial charge in [0.2, 0.25) is 0 Å². The maximum absolute atomic E-state index is 14.0. The molecule has 0 fully saturated rings. The average Bonchev–Trinajstić information content (AvgIpc) is 2.42. The van der Waals surface area contributed by atoms with Crippen molar-refractivity contribution in [1.82, 2.24) is 0 Å². The Hall–Kier alpha value is -1.34. The fourth-order valence-corrected chi connectivity index (χ4v) is 3.24. The van der Waals surface area contributed by atoms with Crippen molar-refractivity contribution in [3.8, 4) is 5.75 Å². The number of hydrogen-bond acceptors (Lipinski definition) is 3. The number of phenolic OH excluding ortho intramolecular Hbond substituents is 1. The predicted octanol–water partition coefficient (Wildman–Crippen LogP) is 3.28. The summed E-state index contributed by atoms with van der Waals surface area (Å²) < 4.78 is 53.7. The fraction of sp³-hybridized carbons (Fsp3) is 0.600. The van der Waals surface area contributed by atoms with Crippen LogP contribution in [0.25, 0.3) is 0 Å². The number of aliphatic hydroxyl groups is 1. The Morgan fingerprint density at radius 3 is 2.41 bits per heavy atom. The lowest BCUT2D eigenvalue weighted by atomic mass is 9.69. The first kappa shape index (κ1) is 17.0. The lowest BCUT2D eigenvalue weighted by Crippen LogP contribution is -2.56. The van der Waals surface area contributed by atoms with Gasteiger partial charge in [-0.1, -0.05) is 13.8 Å². The first-order chi connectivity index (χ1) is 10.1. The molecule has 4 N–H and O–H groups in total. The molecule has 1 aromatic rings. The summed E-state index contributed by atoms with van der Waals surface area (Å²) in [6, 6.07) is -0.923. The lowest BCUT2D eigenvalue weighted by molar-refractivity contribution is -0.275. The summed E-state index contributed by atoms with van der Waals surface area (Å²) in [6.45, 7) is 3.29. The van der Waals surface area contributed by atoms with E-state index in [4.69, 9.17) is 5.73 Å². The molecule has 1 aliphatic rings. The minimum atomic E-state index is -4.94. The third-order valence-electron chi connectivity index (χ3n) is 4.58. The molecule has 124 valence electrons. The number of phenols is 1. The van der Waals surface area contributed by atoms with Crippen molar-refractivity contribution in [2.24, 2.45) is 5.73 Å². The number of fused-ring (bicyclic) bond motifs is 1. The molecule has 3 atom stereocenters. The van der Waals surface area contributed by atoms with Crippen LogP contribution in [0.1, 0.15) is 55.3 Å². The minimum absolute atomic E-state index is 0.0573. The first-order valence-corrected chi connectivity index (χ1v) is 7.17. The van der Waals surface area contributed by atoms with Crippen molar-refractivity contribution in [3.63, 3.8) is 0 Å². The molecule has 1 aromatic carbocycles. The van der Waals surface area contributed by atoms with Gasteiger partial charge in [0.15, 0.2) is 5.60 Å². The van der Waals surface area contributed by atoms with Gasteiger partial charge in [-0.05, 0) is 36.8 Å². The van der Waals surface area contributed by atoms with Gasteiger partial charge in [-0.15, -0.1) is 0 Å². The Morgan fingerprint density at radius 1 is 1.36 bits per heavy atom. The Kier molecular flexibility index (Phi) is 4.16. The van der Waals surface area contributed by atoms with Crippen molar-refractivity contribution in [2.45, 2.75) is 56.8 Å². The zero-order chi connectivity index (χ0) is 16.9. The van der Waals surface area contributed by atoms with Gasteiger partial charge < -0.3 is 15.9 Å². The third kappa shape index (κ3) is 2.27. The van der Waals surface area contributed by atoms with Crippen molar-refractivity contribution in [3.05, 3.63) is 28.6 Å². The van der Waals surface area contributed by atoms with Gasteiger partial charge in [0.1, 0.15) is 11.6 Å². The van der Waals surface area contributed by atoms with Crippen LogP contribution in [0.4, 0.5) is 17.6 Å². The van der Waals surface area contributed by atoms with E-state index < -0.39 is 36.0 Å². The highest BCUT2D eigenvalue weighted by atomic mass is 19.4. The Balaban J connectivity index is 2.72. The molecule has 0 radical (unpaired) electrons. The van der Waals surface area contributed by atoms with Crippen molar-refractivity contribution in [2.75, 3.05) is 0 Å². The molecule has 0 aliphatic heterocycles. The van der Waals surface area contributed by atoms with Gasteiger partial charge in [-0.25, -0.2) is 4.39 Å². The van der Waals surface area contributed by atoms with Gasteiger partial charge in [-0.3, -0.25) is 0 Å². The van der Waals surface area contributed by atoms with Gasteiger partial charge >= 0.3 is 6.18 Å². The molecule has 0 spiro atoms. The summed E-state index contributed by atoms with van der Waals surface area (Å²) in [4.78, 5) is 0. The summed E-state index contributed by atoms with van der Waals surface area (Å²) in [5.41, 5.74) is 2.58. The molecular weight excluding hydrogens is 302 g/mol. The van der Waals surface area contributed by atoms with Crippen molar-refractivity contribution < 1.29 is 27.8 Å². The molecule has 0 heterocycles. The molecule has 0 bridgehead atoms. The summed E-state index contributed by atoms with van der Waals surface area (Å²) in [7, 11) is 0. The minimum Gasteiger partial charge on any atom is -0.507 e. The maximum Gasteiger partial charge on any atom is 0.419 e. The average molecular weight is 321 g/mol. The molecule has 3 nitrogen and oxygen atoms in total. The quantitative estimate of drug-likeness (QED) is 0.732. The number of nitrogens with two attached hydrogens (primary N) is 1. The number of hydrogen-bond donors (Lipinski definition) is 3. The van der Waals surface area contributed by atoms with E-state index in [9.17, 15) is 27.8 Å². The number of rotatable bonds is 2. The van der Waals surface area contributed by atoms with Crippen LogP contribution in [0.5, 0.6) is 5.75 Å². The summed E-state index contributed by atoms with van der Waals surface area (Å²) >= 11 is 0. The first-order valence-electron chi connectivity index (χ1n) is 7.17. The van der Waals surface area contributed by atoms with Crippen molar-refractivity contribution >= 4 is 0 Å². The van der Waals surface area contributed by atoms with Crippen LogP contribution in [-0.4, -0.2) is 22.0 Å². The smallest absolute Gasteiger partial charge is 0.419 e. The van der Waals surface area contributed by atoms with Crippen LogP contribution in [0.2, 0.25) is 0 Å². The molecule has 1 aliphatic carbocycles. The summed E-state index contributed by atoms with van der Waals surface area (Å²) in [6.07, 6.45) is -5.11. The molecule has 2 rings (SSSR count). The molecule has 7 heteroatoms. The normalized spacial score (nSPS) is 28.5. The van der Waals surface area contributed by atoms with E-state index in [0.29, 0.717) is 0 Å². The second-order valence-electron chi connectivity index (χ2n) is 5.75.